The lowest BCUT2D eigenvalue weighted by molar-refractivity contribution is -0.142. The number of rotatable bonds is 9. The van der Waals surface area contributed by atoms with Gasteiger partial charge in [-0.2, -0.15) is 11.8 Å². The molecule has 0 heterocycles. The molecule has 2 unspecified atom stereocenters. The van der Waals surface area contributed by atoms with Gasteiger partial charge in [-0.25, -0.2) is 4.79 Å². The van der Waals surface area contributed by atoms with Gasteiger partial charge >= 0.3 is 6.09 Å². The topological polar surface area (TPSA) is 87.7 Å². The molecule has 0 spiro atoms. The van der Waals surface area contributed by atoms with Gasteiger partial charge in [-0.15, -0.1) is 0 Å². The van der Waals surface area contributed by atoms with Crippen molar-refractivity contribution in [3.8, 4) is 0 Å². The molecule has 0 bridgehead atoms. The van der Waals surface area contributed by atoms with Crippen LogP contribution in [0.1, 0.15) is 66.5 Å². The maximum absolute atomic E-state index is 13.6. The van der Waals surface area contributed by atoms with Crippen molar-refractivity contribution in [2.24, 2.45) is 0 Å². The summed E-state index contributed by atoms with van der Waals surface area (Å²) >= 11 is 1.58. The summed E-state index contributed by atoms with van der Waals surface area (Å²) in [4.78, 5) is 40.9. The number of ether oxygens (including phenoxy) is 1. The minimum Gasteiger partial charge on any atom is -0.444 e. The first-order valence-electron chi connectivity index (χ1n) is 10.9. The highest BCUT2D eigenvalue weighted by Crippen LogP contribution is 2.24. The van der Waals surface area contributed by atoms with Crippen molar-refractivity contribution in [1.29, 1.82) is 0 Å². The molecule has 1 rings (SSSR count). The fourth-order valence-corrected chi connectivity index (χ4v) is 3.63. The Morgan fingerprint density at radius 2 is 1.66 bits per heavy atom. The third-order valence-corrected chi connectivity index (χ3v) is 5.04. The molecule has 0 aliphatic rings. The fraction of sp³-hybridized carbons (Fsp3) is 0.625. The molecular weight excluding hydrogens is 426 g/mol. The molecule has 1 aromatic rings. The summed E-state index contributed by atoms with van der Waals surface area (Å²) in [7, 11) is 0. The van der Waals surface area contributed by atoms with Crippen LogP contribution in [0, 0.1) is 0 Å². The van der Waals surface area contributed by atoms with E-state index in [1.54, 1.807) is 32.5 Å². The maximum atomic E-state index is 13.6. The van der Waals surface area contributed by atoms with E-state index < -0.39 is 29.3 Å². The van der Waals surface area contributed by atoms with Crippen molar-refractivity contribution in [3.63, 3.8) is 0 Å². The van der Waals surface area contributed by atoms with Gasteiger partial charge in [0.25, 0.3) is 0 Å². The average Bonchev–Trinajstić information content (AvgIpc) is 2.66. The minimum atomic E-state index is -0.815. The Morgan fingerprint density at radius 3 is 2.12 bits per heavy atom. The zero-order valence-corrected chi connectivity index (χ0v) is 21.5. The quantitative estimate of drug-likeness (QED) is 0.572. The lowest BCUT2D eigenvalue weighted by Gasteiger charge is -2.35. The Morgan fingerprint density at radius 1 is 1.06 bits per heavy atom. The van der Waals surface area contributed by atoms with Gasteiger partial charge in [-0.3, -0.25) is 9.59 Å². The summed E-state index contributed by atoms with van der Waals surface area (Å²) in [5, 5.41) is 5.71. The molecule has 0 aliphatic carbocycles. The fourth-order valence-electron chi connectivity index (χ4n) is 3.15. The van der Waals surface area contributed by atoms with Crippen molar-refractivity contribution < 1.29 is 19.1 Å². The first-order chi connectivity index (χ1) is 14.8. The van der Waals surface area contributed by atoms with E-state index in [1.165, 1.54) is 4.90 Å². The normalized spacial score (nSPS) is 13.6. The summed E-state index contributed by atoms with van der Waals surface area (Å²) in [6.07, 6.45) is 1.72. The molecular formula is C24H39N3O4S. The number of hydrogen-bond acceptors (Lipinski definition) is 5. The Kier molecular flexibility index (Phi) is 10.5. The average molecular weight is 466 g/mol. The summed E-state index contributed by atoms with van der Waals surface area (Å²) in [5.41, 5.74) is -0.425. The largest absolute Gasteiger partial charge is 0.444 e. The van der Waals surface area contributed by atoms with Gasteiger partial charge < -0.3 is 20.3 Å². The number of thioether (sulfide) groups is 1. The summed E-state index contributed by atoms with van der Waals surface area (Å²) < 4.78 is 5.36. The van der Waals surface area contributed by atoms with Crippen molar-refractivity contribution in [1.82, 2.24) is 15.5 Å². The van der Waals surface area contributed by atoms with Crippen LogP contribution < -0.4 is 10.6 Å². The molecule has 0 radical (unpaired) electrons. The number of hydrogen-bond donors (Lipinski definition) is 2. The summed E-state index contributed by atoms with van der Waals surface area (Å²) in [5.74, 6) is 0.0959. The molecule has 0 aromatic heterocycles. The van der Waals surface area contributed by atoms with Crippen LogP contribution >= 0.6 is 11.8 Å². The number of likely N-dealkylation sites (N-methyl/N-ethyl adjacent to an activating group) is 1. The number of amides is 3. The summed E-state index contributed by atoms with van der Waals surface area (Å²) in [6.45, 7) is 13.1. The molecule has 180 valence electrons. The molecule has 2 atom stereocenters. The van der Waals surface area contributed by atoms with E-state index in [9.17, 15) is 14.4 Å². The van der Waals surface area contributed by atoms with Crippen molar-refractivity contribution >= 4 is 29.7 Å². The highest BCUT2D eigenvalue weighted by atomic mass is 32.2. The Balaban J connectivity index is 3.27. The van der Waals surface area contributed by atoms with E-state index in [2.05, 4.69) is 10.6 Å². The maximum Gasteiger partial charge on any atom is 0.408 e. The molecule has 32 heavy (non-hydrogen) atoms. The zero-order chi connectivity index (χ0) is 24.5. The lowest BCUT2D eigenvalue weighted by Crippen LogP contribution is -2.54. The van der Waals surface area contributed by atoms with Crippen LogP contribution in [0.2, 0.25) is 0 Å². The van der Waals surface area contributed by atoms with Crippen molar-refractivity contribution in [3.05, 3.63) is 35.9 Å². The third-order valence-electron chi connectivity index (χ3n) is 4.40. The van der Waals surface area contributed by atoms with E-state index >= 15 is 0 Å². The number of benzene rings is 1. The Bertz CT molecular complexity index is 757. The van der Waals surface area contributed by atoms with E-state index in [0.717, 1.165) is 0 Å². The molecule has 8 heteroatoms. The first-order valence-corrected chi connectivity index (χ1v) is 12.3. The molecule has 0 saturated carbocycles. The Hall–Kier alpha value is -2.22. The zero-order valence-electron chi connectivity index (χ0n) is 20.7. The van der Waals surface area contributed by atoms with E-state index in [0.29, 0.717) is 24.3 Å². The molecule has 2 N–H and O–H groups in total. The van der Waals surface area contributed by atoms with Crippen LogP contribution in [0.4, 0.5) is 4.79 Å². The molecule has 3 amide bonds. The number of alkyl carbamates (subject to hydrolysis) is 1. The number of nitrogens with one attached hydrogen (secondary N) is 2. The molecule has 0 aliphatic heterocycles. The predicted molar refractivity (Wildman–Crippen MR) is 131 cm³/mol. The number of carbonyl (C=O) groups is 3. The lowest BCUT2D eigenvalue weighted by atomic mass is 10.0. The summed E-state index contributed by atoms with van der Waals surface area (Å²) in [6, 6.07) is 7.61. The number of carbonyl (C=O) groups excluding carboxylic acids is 3. The van der Waals surface area contributed by atoms with Crippen LogP contribution in [0.5, 0.6) is 0 Å². The molecule has 0 fully saturated rings. The predicted octanol–water partition coefficient (Wildman–Crippen LogP) is 4.14. The third kappa shape index (κ3) is 9.51. The van der Waals surface area contributed by atoms with Crippen LogP contribution in [0.15, 0.2) is 30.3 Å². The highest BCUT2D eigenvalue weighted by Gasteiger charge is 2.36. The highest BCUT2D eigenvalue weighted by molar-refractivity contribution is 7.98. The minimum absolute atomic E-state index is 0.264. The van der Waals surface area contributed by atoms with Crippen LogP contribution in [-0.4, -0.2) is 58.5 Å². The molecule has 7 nitrogen and oxygen atoms in total. The second kappa shape index (κ2) is 12.1. The van der Waals surface area contributed by atoms with Gasteiger partial charge in [0.2, 0.25) is 11.8 Å². The first kappa shape index (κ1) is 27.8. The second-order valence-electron chi connectivity index (χ2n) is 9.66. The second-order valence-corrected chi connectivity index (χ2v) is 10.6. The van der Waals surface area contributed by atoms with E-state index in [1.807, 2.05) is 64.3 Å². The molecule has 1 aromatic carbocycles. The SMILES string of the molecule is CCN(C(=O)C(CCSC)NC(=O)OC(C)(C)C)C(C(=O)NC(C)(C)C)c1ccccc1. The Labute approximate surface area is 197 Å². The van der Waals surface area contributed by atoms with Gasteiger partial charge in [0.05, 0.1) is 0 Å². The van der Waals surface area contributed by atoms with E-state index in [-0.39, 0.29) is 11.8 Å². The van der Waals surface area contributed by atoms with Crippen molar-refractivity contribution in [2.75, 3.05) is 18.6 Å². The van der Waals surface area contributed by atoms with Gasteiger partial charge in [0.15, 0.2) is 0 Å². The van der Waals surface area contributed by atoms with Crippen molar-refractivity contribution in [2.45, 2.75) is 78.1 Å². The standard InChI is InChI=1S/C24H39N3O4S/c1-9-27(19(17-13-11-10-12-14-17)20(28)26-23(2,3)4)21(29)18(15-16-32-8)25-22(30)31-24(5,6)7/h10-14,18-19H,9,15-16H2,1-8H3,(H,25,30)(H,26,28). The van der Waals surface area contributed by atoms with Crippen LogP contribution in [-0.2, 0) is 14.3 Å². The monoisotopic (exact) mass is 465 g/mol. The van der Waals surface area contributed by atoms with Gasteiger partial charge in [0, 0.05) is 12.1 Å². The van der Waals surface area contributed by atoms with E-state index in [4.69, 9.17) is 4.74 Å². The van der Waals surface area contributed by atoms with Crippen LogP contribution in [0.3, 0.4) is 0 Å². The van der Waals surface area contributed by atoms with Gasteiger partial charge in [-0.1, -0.05) is 30.3 Å². The van der Waals surface area contributed by atoms with Crippen LogP contribution in [0.25, 0.3) is 0 Å². The van der Waals surface area contributed by atoms with Gasteiger partial charge in [-0.05, 0) is 72.5 Å². The molecule has 0 saturated heterocycles. The van der Waals surface area contributed by atoms with Gasteiger partial charge in [0.1, 0.15) is 17.7 Å². The number of nitrogens with zero attached hydrogens (tertiary/aromatic N) is 1. The smallest absolute Gasteiger partial charge is 0.408 e.